The second-order valence-corrected chi connectivity index (χ2v) is 5.30. The molecule has 0 aliphatic heterocycles. The number of aromatic nitrogens is 1. The van der Waals surface area contributed by atoms with E-state index in [4.69, 9.17) is 8.94 Å². The summed E-state index contributed by atoms with van der Waals surface area (Å²) in [4.78, 5) is 12.5. The second kappa shape index (κ2) is 5.67. The van der Waals surface area contributed by atoms with Crippen LogP contribution in [0.1, 0.15) is 47.5 Å². The quantitative estimate of drug-likeness (QED) is 0.795. The van der Waals surface area contributed by atoms with Gasteiger partial charge in [-0.05, 0) is 32.4 Å². The molecule has 1 N–H and O–H groups in total. The van der Waals surface area contributed by atoms with Crippen molar-refractivity contribution in [1.29, 1.82) is 0 Å². The molecule has 1 atom stereocenters. The number of nitrogens with one attached hydrogen (secondary N) is 1. The van der Waals surface area contributed by atoms with Gasteiger partial charge >= 0.3 is 0 Å². The lowest BCUT2D eigenvalue weighted by atomic mass is 10.1. The highest BCUT2D eigenvalue weighted by molar-refractivity contribution is 5.96. The minimum absolute atomic E-state index is 0.191. The summed E-state index contributed by atoms with van der Waals surface area (Å²) in [5.74, 6) is 1.07. The van der Waals surface area contributed by atoms with Crippen molar-refractivity contribution in [1.82, 2.24) is 10.5 Å². The van der Waals surface area contributed by atoms with E-state index < -0.39 is 0 Å². The Labute approximate surface area is 128 Å². The zero-order valence-corrected chi connectivity index (χ0v) is 12.8. The zero-order valence-electron chi connectivity index (χ0n) is 12.8. The number of hydrogen-bond donors (Lipinski definition) is 1. The van der Waals surface area contributed by atoms with Gasteiger partial charge in [-0.15, -0.1) is 0 Å². The largest absolute Gasteiger partial charge is 0.459 e. The number of carbonyl (C=O) groups excluding carboxylic acids is 1. The van der Waals surface area contributed by atoms with Crippen molar-refractivity contribution in [2.45, 2.75) is 33.2 Å². The molecule has 3 aromatic rings. The lowest BCUT2D eigenvalue weighted by molar-refractivity contribution is 0.0933. The number of fused-ring (bicyclic) bond motifs is 1. The van der Waals surface area contributed by atoms with Crippen molar-refractivity contribution in [3.05, 3.63) is 53.1 Å². The Morgan fingerprint density at radius 3 is 2.86 bits per heavy atom. The van der Waals surface area contributed by atoms with Crippen LogP contribution in [0.4, 0.5) is 0 Å². The first kappa shape index (κ1) is 14.4. The molecule has 5 heteroatoms. The molecule has 114 valence electrons. The van der Waals surface area contributed by atoms with Gasteiger partial charge in [0, 0.05) is 5.39 Å². The maximum absolute atomic E-state index is 12.5. The topological polar surface area (TPSA) is 68.3 Å². The van der Waals surface area contributed by atoms with Gasteiger partial charge in [-0.3, -0.25) is 4.79 Å². The number of para-hydroxylation sites is 1. The third kappa shape index (κ3) is 2.50. The Hall–Kier alpha value is -2.56. The van der Waals surface area contributed by atoms with Crippen LogP contribution in [0.5, 0.6) is 0 Å². The van der Waals surface area contributed by atoms with Crippen molar-refractivity contribution in [2.24, 2.45) is 0 Å². The molecule has 22 heavy (non-hydrogen) atoms. The van der Waals surface area contributed by atoms with Gasteiger partial charge in [0.05, 0.1) is 11.7 Å². The maximum atomic E-state index is 12.5. The summed E-state index contributed by atoms with van der Waals surface area (Å²) in [5, 5.41) is 7.88. The Morgan fingerprint density at radius 1 is 1.36 bits per heavy atom. The Morgan fingerprint density at radius 2 is 2.14 bits per heavy atom. The number of carbonyl (C=O) groups is 1. The van der Waals surface area contributed by atoms with E-state index >= 15 is 0 Å². The lowest BCUT2D eigenvalue weighted by Gasteiger charge is -2.11. The van der Waals surface area contributed by atoms with Crippen LogP contribution in [0.2, 0.25) is 0 Å². The van der Waals surface area contributed by atoms with Crippen molar-refractivity contribution < 1.29 is 13.7 Å². The van der Waals surface area contributed by atoms with E-state index in [9.17, 15) is 4.79 Å². The number of amides is 1. The van der Waals surface area contributed by atoms with E-state index in [1.54, 1.807) is 6.92 Å². The summed E-state index contributed by atoms with van der Waals surface area (Å²) < 4.78 is 10.9. The molecule has 0 aliphatic carbocycles. The smallest absolute Gasteiger partial charge is 0.257 e. The van der Waals surface area contributed by atoms with Crippen molar-refractivity contribution in [3.63, 3.8) is 0 Å². The number of aryl methyl sites for hydroxylation is 2. The lowest BCUT2D eigenvalue weighted by Crippen LogP contribution is -2.27. The summed E-state index contributed by atoms with van der Waals surface area (Å²) in [7, 11) is 0. The average molecular weight is 298 g/mol. The van der Waals surface area contributed by atoms with E-state index in [0.717, 1.165) is 16.7 Å². The molecular formula is C17H18N2O3. The molecule has 0 radical (unpaired) electrons. The van der Waals surface area contributed by atoms with E-state index in [1.807, 2.05) is 44.2 Å². The molecule has 0 fully saturated rings. The van der Waals surface area contributed by atoms with Gasteiger partial charge in [-0.25, -0.2) is 0 Å². The van der Waals surface area contributed by atoms with E-state index in [2.05, 4.69) is 10.5 Å². The molecule has 2 aromatic heterocycles. The third-order valence-corrected chi connectivity index (χ3v) is 3.71. The standard InChI is InChI=1S/C17H18N2O3/c1-4-13-16(11(3)22-19-13)17(20)18-10(2)15-9-12-7-5-6-8-14(12)21-15/h5-10H,4H2,1-3H3,(H,18,20). The maximum Gasteiger partial charge on any atom is 0.257 e. The number of furan rings is 1. The summed E-state index contributed by atoms with van der Waals surface area (Å²) in [6.07, 6.45) is 0.652. The summed E-state index contributed by atoms with van der Waals surface area (Å²) in [6.45, 7) is 5.58. The predicted molar refractivity (Wildman–Crippen MR) is 82.7 cm³/mol. The van der Waals surface area contributed by atoms with Crippen LogP contribution in [-0.4, -0.2) is 11.1 Å². The zero-order chi connectivity index (χ0) is 15.7. The highest BCUT2D eigenvalue weighted by Gasteiger charge is 2.22. The van der Waals surface area contributed by atoms with Crippen LogP contribution in [0.3, 0.4) is 0 Å². The van der Waals surface area contributed by atoms with Crippen molar-refractivity contribution in [3.8, 4) is 0 Å². The molecular weight excluding hydrogens is 280 g/mol. The molecule has 0 bridgehead atoms. The predicted octanol–water partition coefficient (Wildman–Crippen LogP) is 3.78. The first-order valence-corrected chi connectivity index (χ1v) is 7.34. The second-order valence-electron chi connectivity index (χ2n) is 5.30. The van der Waals surface area contributed by atoms with Gasteiger partial charge in [0.1, 0.15) is 22.7 Å². The summed E-state index contributed by atoms with van der Waals surface area (Å²) in [5.41, 5.74) is 2.01. The molecule has 5 nitrogen and oxygen atoms in total. The van der Waals surface area contributed by atoms with Crippen molar-refractivity contribution in [2.75, 3.05) is 0 Å². The minimum Gasteiger partial charge on any atom is -0.459 e. The summed E-state index contributed by atoms with van der Waals surface area (Å²) in [6, 6.07) is 9.48. The molecule has 0 saturated carbocycles. The Balaban J connectivity index is 1.82. The third-order valence-electron chi connectivity index (χ3n) is 3.71. The average Bonchev–Trinajstić information content (AvgIpc) is 3.10. The van der Waals surface area contributed by atoms with Crippen LogP contribution >= 0.6 is 0 Å². The fourth-order valence-electron chi connectivity index (χ4n) is 2.51. The SMILES string of the molecule is CCc1noc(C)c1C(=O)NC(C)c1cc2ccccc2o1. The minimum atomic E-state index is -0.237. The highest BCUT2D eigenvalue weighted by Crippen LogP contribution is 2.24. The molecule has 0 spiro atoms. The molecule has 3 rings (SSSR count). The number of rotatable bonds is 4. The van der Waals surface area contributed by atoms with Gasteiger partial charge in [0.25, 0.3) is 5.91 Å². The van der Waals surface area contributed by atoms with Gasteiger partial charge < -0.3 is 14.3 Å². The normalized spacial score (nSPS) is 12.5. The molecule has 0 saturated heterocycles. The Bertz CT molecular complexity index is 783. The van der Waals surface area contributed by atoms with Gasteiger partial charge in [-0.1, -0.05) is 30.3 Å². The monoisotopic (exact) mass is 298 g/mol. The first-order chi connectivity index (χ1) is 10.6. The fraction of sp³-hybridized carbons (Fsp3) is 0.294. The van der Waals surface area contributed by atoms with Crippen LogP contribution in [-0.2, 0) is 6.42 Å². The first-order valence-electron chi connectivity index (χ1n) is 7.34. The molecule has 1 unspecified atom stereocenters. The molecule has 0 aliphatic rings. The molecule has 2 heterocycles. The number of nitrogens with zero attached hydrogens (tertiary/aromatic N) is 1. The van der Waals surface area contributed by atoms with E-state index in [-0.39, 0.29) is 11.9 Å². The van der Waals surface area contributed by atoms with E-state index in [0.29, 0.717) is 23.4 Å². The van der Waals surface area contributed by atoms with Crippen LogP contribution in [0.15, 0.2) is 39.3 Å². The van der Waals surface area contributed by atoms with Crippen LogP contribution in [0, 0.1) is 6.92 Å². The fourth-order valence-corrected chi connectivity index (χ4v) is 2.51. The highest BCUT2D eigenvalue weighted by atomic mass is 16.5. The van der Waals surface area contributed by atoms with Gasteiger partial charge in [0.2, 0.25) is 0 Å². The van der Waals surface area contributed by atoms with Crippen LogP contribution < -0.4 is 5.32 Å². The molecule has 1 aromatic carbocycles. The van der Waals surface area contributed by atoms with E-state index in [1.165, 1.54) is 0 Å². The summed E-state index contributed by atoms with van der Waals surface area (Å²) >= 11 is 0. The van der Waals surface area contributed by atoms with Crippen LogP contribution in [0.25, 0.3) is 11.0 Å². The van der Waals surface area contributed by atoms with Gasteiger partial charge in [-0.2, -0.15) is 0 Å². The van der Waals surface area contributed by atoms with Gasteiger partial charge in [0.15, 0.2) is 0 Å². The Kier molecular flexibility index (Phi) is 3.71. The number of benzene rings is 1. The molecule has 1 amide bonds. The number of hydrogen-bond acceptors (Lipinski definition) is 4. The van der Waals surface area contributed by atoms with Crippen molar-refractivity contribution >= 4 is 16.9 Å².